The van der Waals surface area contributed by atoms with E-state index in [9.17, 15) is 9.59 Å². The lowest BCUT2D eigenvalue weighted by molar-refractivity contribution is 0.0989. The lowest BCUT2D eigenvalue weighted by atomic mass is 10.1. The molecule has 2 aliphatic rings. The first-order chi connectivity index (χ1) is 11.2. The highest BCUT2D eigenvalue weighted by molar-refractivity contribution is 6.07. The molecular formula is C18H17N3O2. The zero-order valence-electron chi connectivity index (χ0n) is 12.7. The molecule has 0 atom stereocenters. The summed E-state index contributed by atoms with van der Waals surface area (Å²) in [7, 11) is 0. The van der Waals surface area contributed by atoms with Gasteiger partial charge in [-0.1, -0.05) is 18.2 Å². The highest BCUT2D eigenvalue weighted by Crippen LogP contribution is 2.29. The molecule has 2 heterocycles. The van der Waals surface area contributed by atoms with Crippen LogP contribution in [-0.4, -0.2) is 31.6 Å². The summed E-state index contributed by atoms with van der Waals surface area (Å²) in [5, 5.41) is 2.77. The van der Waals surface area contributed by atoms with E-state index in [4.69, 9.17) is 0 Å². The van der Waals surface area contributed by atoms with Crippen LogP contribution in [0.5, 0.6) is 0 Å². The van der Waals surface area contributed by atoms with Crippen LogP contribution in [0.1, 0.15) is 15.9 Å². The van der Waals surface area contributed by atoms with E-state index in [0.717, 1.165) is 17.8 Å². The highest BCUT2D eigenvalue weighted by atomic mass is 16.2. The Morgan fingerprint density at radius 1 is 1.00 bits per heavy atom. The fraction of sp³-hybridized carbons (Fsp3) is 0.222. The van der Waals surface area contributed by atoms with Gasteiger partial charge in [-0.25, -0.2) is 4.79 Å². The minimum Gasteiger partial charge on any atom is -0.336 e. The van der Waals surface area contributed by atoms with Crippen molar-refractivity contribution in [2.45, 2.75) is 6.42 Å². The minimum atomic E-state index is -0.0856. The summed E-state index contributed by atoms with van der Waals surface area (Å²) >= 11 is 0. The van der Waals surface area contributed by atoms with Crippen LogP contribution in [0.4, 0.5) is 16.2 Å². The number of para-hydroxylation sites is 1. The number of urea groups is 1. The molecule has 2 aliphatic heterocycles. The SMILES string of the molecule is O=C1NCCN1c1ccc(C(=O)N2CCc3ccccc32)cc1. The van der Waals surface area contributed by atoms with E-state index >= 15 is 0 Å². The molecule has 5 nitrogen and oxygen atoms in total. The molecule has 0 radical (unpaired) electrons. The van der Waals surface area contributed by atoms with Crippen molar-refractivity contribution in [2.24, 2.45) is 0 Å². The van der Waals surface area contributed by atoms with Crippen LogP contribution in [0, 0.1) is 0 Å². The Bertz CT molecular complexity index is 770. The largest absolute Gasteiger partial charge is 0.336 e. The van der Waals surface area contributed by atoms with Gasteiger partial charge in [0.05, 0.1) is 0 Å². The molecule has 4 rings (SSSR count). The molecule has 5 heteroatoms. The summed E-state index contributed by atoms with van der Waals surface area (Å²) in [6, 6.07) is 15.2. The Balaban J connectivity index is 1.57. The van der Waals surface area contributed by atoms with Crippen LogP contribution in [0.3, 0.4) is 0 Å². The van der Waals surface area contributed by atoms with Crippen molar-refractivity contribution >= 4 is 23.3 Å². The van der Waals surface area contributed by atoms with E-state index < -0.39 is 0 Å². The second-order valence-electron chi connectivity index (χ2n) is 5.77. The van der Waals surface area contributed by atoms with Crippen LogP contribution < -0.4 is 15.1 Å². The Kier molecular flexibility index (Phi) is 3.26. The van der Waals surface area contributed by atoms with E-state index in [2.05, 4.69) is 11.4 Å². The topological polar surface area (TPSA) is 52.7 Å². The summed E-state index contributed by atoms with van der Waals surface area (Å²) in [6.07, 6.45) is 0.897. The molecule has 0 saturated carbocycles. The van der Waals surface area contributed by atoms with Gasteiger partial charge in [-0.2, -0.15) is 0 Å². The van der Waals surface area contributed by atoms with Crippen molar-refractivity contribution in [3.63, 3.8) is 0 Å². The Labute approximate surface area is 134 Å². The van der Waals surface area contributed by atoms with Crippen molar-refractivity contribution in [1.82, 2.24) is 5.32 Å². The number of hydrogen-bond acceptors (Lipinski definition) is 2. The monoisotopic (exact) mass is 307 g/mol. The van der Waals surface area contributed by atoms with Crippen LogP contribution in [0.25, 0.3) is 0 Å². The number of anilines is 2. The fourth-order valence-corrected chi connectivity index (χ4v) is 3.21. The van der Waals surface area contributed by atoms with Crippen LogP contribution in [-0.2, 0) is 6.42 Å². The summed E-state index contributed by atoms with van der Waals surface area (Å²) in [5.74, 6) is 0.00683. The van der Waals surface area contributed by atoms with Gasteiger partial charge in [0.25, 0.3) is 5.91 Å². The molecule has 1 fully saturated rings. The van der Waals surface area contributed by atoms with Crippen molar-refractivity contribution in [2.75, 3.05) is 29.4 Å². The van der Waals surface area contributed by atoms with Gasteiger partial charge in [0.1, 0.15) is 0 Å². The van der Waals surface area contributed by atoms with E-state index in [1.165, 1.54) is 5.56 Å². The molecule has 0 aromatic heterocycles. The molecule has 2 aromatic rings. The third kappa shape index (κ3) is 2.34. The van der Waals surface area contributed by atoms with Crippen molar-refractivity contribution in [3.8, 4) is 0 Å². The third-order valence-electron chi connectivity index (χ3n) is 4.42. The van der Waals surface area contributed by atoms with Crippen LogP contribution >= 0.6 is 0 Å². The number of rotatable bonds is 2. The highest BCUT2D eigenvalue weighted by Gasteiger charge is 2.26. The van der Waals surface area contributed by atoms with Gasteiger partial charge in [0.15, 0.2) is 0 Å². The van der Waals surface area contributed by atoms with E-state index in [-0.39, 0.29) is 11.9 Å². The number of nitrogens with zero attached hydrogens (tertiary/aromatic N) is 2. The van der Waals surface area contributed by atoms with Gasteiger partial charge in [-0.15, -0.1) is 0 Å². The molecule has 0 aliphatic carbocycles. The number of carbonyl (C=O) groups is 2. The molecule has 2 aromatic carbocycles. The van der Waals surface area contributed by atoms with Gasteiger partial charge >= 0.3 is 6.03 Å². The molecule has 1 N–H and O–H groups in total. The first kappa shape index (κ1) is 13.8. The zero-order chi connectivity index (χ0) is 15.8. The smallest absolute Gasteiger partial charge is 0.321 e. The van der Waals surface area contributed by atoms with Crippen LogP contribution in [0.2, 0.25) is 0 Å². The van der Waals surface area contributed by atoms with Gasteiger partial charge in [-0.05, 0) is 42.3 Å². The molecular weight excluding hydrogens is 290 g/mol. The second-order valence-corrected chi connectivity index (χ2v) is 5.77. The lowest BCUT2D eigenvalue weighted by Gasteiger charge is -2.18. The summed E-state index contributed by atoms with van der Waals surface area (Å²) in [6.45, 7) is 2.03. The standard InChI is InChI=1S/C18H17N3O2/c22-17(21-11-9-13-3-1-2-4-16(13)21)14-5-7-15(8-6-14)20-12-10-19-18(20)23/h1-8H,9-12H2,(H,19,23). The Hall–Kier alpha value is -2.82. The molecule has 0 unspecified atom stereocenters. The average Bonchev–Trinajstić information content (AvgIpc) is 3.20. The number of fused-ring (bicyclic) bond motifs is 1. The molecule has 3 amide bonds. The predicted octanol–water partition coefficient (Wildman–Crippen LogP) is 2.42. The number of carbonyl (C=O) groups excluding carboxylic acids is 2. The molecule has 0 spiro atoms. The first-order valence-corrected chi connectivity index (χ1v) is 7.79. The maximum atomic E-state index is 12.7. The Morgan fingerprint density at radius 3 is 2.52 bits per heavy atom. The Morgan fingerprint density at radius 2 is 1.78 bits per heavy atom. The zero-order valence-corrected chi connectivity index (χ0v) is 12.7. The maximum absolute atomic E-state index is 12.7. The molecule has 0 bridgehead atoms. The summed E-state index contributed by atoms with van der Waals surface area (Å²) in [4.78, 5) is 27.9. The summed E-state index contributed by atoms with van der Waals surface area (Å²) < 4.78 is 0. The van der Waals surface area contributed by atoms with Crippen molar-refractivity contribution in [3.05, 3.63) is 59.7 Å². The predicted molar refractivity (Wildman–Crippen MR) is 89.0 cm³/mol. The first-order valence-electron chi connectivity index (χ1n) is 7.79. The van der Waals surface area contributed by atoms with E-state index in [1.54, 1.807) is 17.0 Å². The lowest BCUT2D eigenvalue weighted by Crippen LogP contribution is -2.29. The fourth-order valence-electron chi connectivity index (χ4n) is 3.21. The van der Waals surface area contributed by atoms with Crippen molar-refractivity contribution in [1.29, 1.82) is 0 Å². The second kappa shape index (κ2) is 5.43. The van der Waals surface area contributed by atoms with Crippen molar-refractivity contribution < 1.29 is 9.59 Å². The molecule has 116 valence electrons. The van der Waals surface area contributed by atoms with Gasteiger partial charge < -0.3 is 10.2 Å². The number of benzene rings is 2. The summed E-state index contributed by atoms with van der Waals surface area (Å²) in [5.41, 5.74) is 3.68. The molecule has 23 heavy (non-hydrogen) atoms. The minimum absolute atomic E-state index is 0.00683. The number of nitrogens with one attached hydrogen (secondary N) is 1. The number of hydrogen-bond donors (Lipinski definition) is 1. The average molecular weight is 307 g/mol. The van der Waals surface area contributed by atoms with Gasteiger partial charge in [0, 0.05) is 36.6 Å². The third-order valence-corrected chi connectivity index (χ3v) is 4.42. The van der Waals surface area contributed by atoms with Gasteiger partial charge in [-0.3, -0.25) is 9.69 Å². The maximum Gasteiger partial charge on any atom is 0.321 e. The quantitative estimate of drug-likeness (QED) is 0.926. The van der Waals surface area contributed by atoms with E-state index in [1.807, 2.05) is 35.2 Å². The number of amides is 3. The molecule has 1 saturated heterocycles. The van der Waals surface area contributed by atoms with E-state index in [0.29, 0.717) is 25.2 Å². The van der Waals surface area contributed by atoms with Crippen LogP contribution in [0.15, 0.2) is 48.5 Å². The van der Waals surface area contributed by atoms with Gasteiger partial charge in [0.2, 0.25) is 0 Å². The normalized spacial score (nSPS) is 16.4.